The number of hydrogen-bond acceptors (Lipinski definition) is 2. The fraction of sp³-hybridized carbons (Fsp3) is 0.526. The summed E-state index contributed by atoms with van der Waals surface area (Å²) in [7, 11) is 0. The van der Waals surface area contributed by atoms with Gasteiger partial charge in [0.15, 0.2) is 6.54 Å². The number of benzene rings is 1. The summed E-state index contributed by atoms with van der Waals surface area (Å²) in [4.78, 5) is 15.8. The van der Waals surface area contributed by atoms with Gasteiger partial charge in [0.05, 0.1) is 26.2 Å². The lowest BCUT2D eigenvalue weighted by Gasteiger charge is -2.34. The van der Waals surface area contributed by atoms with E-state index in [9.17, 15) is 9.18 Å². The summed E-state index contributed by atoms with van der Waals surface area (Å²) < 4.78 is 13.0. The van der Waals surface area contributed by atoms with E-state index in [4.69, 9.17) is 6.42 Å². The van der Waals surface area contributed by atoms with Gasteiger partial charge in [-0.3, -0.25) is 4.79 Å². The molecule has 0 bridgehead atoms. The number of halogens is 1. The molecule has 1 aromatic carbocycles. The summed E-state index contributed by atoms with van der Waals surface area (Å²) in [5.74, 6) is 2.53. The van der Waals surface area contributed by atoms with Crippen molar-refractivity contribution < 1.29 is 14.1 Å². The number of amides is 1. The van der Waals surface area contributed by atoms with E-state index in [0.29, 0.717) is 6.54 Å². The Balaban J connectivity index is 1.83. The van der Waals surface area contributed by atoms with Crippen LogP contribution in [0.5, 0.6) is 0 Å². The molecule has 1 amide bonds. The van der Waals surface area contributed by atoms with Crippen LogP contribution in [0.1, 0.15) is 26.7 Å². The second-order valence-electron chi connectivity index (χ2n) is 6.37. The molecule has 0 atom stereocenters. The molecule has 1 aliphatic rings. The molecule has 0 saturated carbocycles. The molecule has 5 heteroatoms. The molecule has 2 N–H and O–H groups in total. The Bertz CT molecular complexity index is 582. The second kappa shape index (κ2) is 8.16. The van der Waals surface area contributed by atoms with E-state index in [1.54, 1.807) is 12.1 Å². The molecule has 0 radical (unpaired) electrons. The fourth-order valence-electron chi connectivity index (χ4n) is 3.11. The zero-order valence-corrected chi connectivity index (χ0v) is 14.6. The third-order valence-corrected chi connectivity index (χ3v) is 4.93. The lowest BCUT2D eigenvalue weighted by atomic mass is 9.94. The number of anilines is 1. The van der Waals surface area contributed by atoms with Crippen molar-refractivity contribution in [3.8, 4) is 12.3 Å². The third-order valence-electron chi connectivity index (χ3n) is 4.93. The van der Waals surface area contributed by atoms with Crippen LogP contribution in [0.25, 0.3) is 0 Å². The number of quaternary nitrogens is 1. The Kier molecular flexibility index (Phi) is 6.22. The van der Waals surface area contributed by atoms with Gasteiger partial charge >= 0.3 is 0 Å². The number of terminal acetylenes is 1. The van der Waals surface area contributed by atoms with Crippen molar-refractivity contribution in [1.82, 2.24) is 5.32 Å². The molecular weight excluding hydrogens is 305 g/mol. The van der Waals surface area contributed by atoms with Crippen LogP contribution in [0, 0.1) is 18.2 Å². The summed E-state index contributed by atoms with van der Waals surface area (Å²) in [6.07, 6.45) is 7.07. The highest BCUT2D eigenvalue weighted by Gasteiger charge is 2.28. The van der Waals surface area contributed by atoms with Crippen LogP contribution in [0.4, 0.5) is 10.1 Å². The SMILES string of the molecule is C#CC(CC)(CC)NC(=O)C[NH+]1CCN(c2ccc(F)cc2)CC1. The van der Waals surface area contributed by atoms with E-state index in [-0.39, 0.29) is 11.7 Å². The van der Waals surface area contributed by atoms with Crippen LogP contribution in [-0.4, -0.2) is 44.2 Å². The summed E-state index contributed by atoms with van der Waals surface area (Å²) in [6.45, 7) is 7.92. The highest BCUT2D eigenvalue weighted by atomic mass is 19.1. The highest BCUT2D eigenvalue weighted by Crippen LogP contribution is 2.15. The average molecular weight is 332 g/mol. The summed E-state index contributed by atoms with van der Waals surface area (Å²) in [5, 5.41) is 3.02. The predicted molar refractivity (Wildman–Crippen MR) is 94.5 cm³/mol. The average Bonchev–Trinajstić information content (AvgIpc) is 2.61. The molecule has 0 unspecified atom stereocenters. The molecule has 0 spiro atoms. The van der Waals surface area contributed by atoms with Gasteiger partial charge in [-0.05, 0) is 37.1 Å². The van der Waals surface area contributed by atoms with Crippen LogP contribution >= 0.6 is 0 Å². The first-order valence-corrected chi connectivity index (χ1v) is 8.64. The van der Waals surface area contributed by atoms with Gasteiger partial charge in [-0.15, -0.1) is 6.42 Å². The van der Waals surface area contributed by atoms with Gasteiger partial charge in [-0.1, -0.05) is 19.8 Å². The van der Waals surface area contributed by atoms with Crippen LogP contribution in [0.15, 0.2) is 24.3 Å². The van der Waals surface area contributed by atoms with Crippen molar-refractivity contribution >= 4 is 11.6 Å². The van der Waals surface area contributed by atoms with Gasteiger partial charge < -0.3 is 15.1 Å². The fourth-order valence-corrected chi connectivity index (χ4v) is 3.11. The summed E-state index contributed by atoms with van der Waals surface area (Å²) >= 11 is 0. The number of carbonyl (C=O) groups is 1. The minimum atomic E-state index is -0.521. The van der Waals surface area contributed by atoms with E-state index in [0.717, 1.165) is 44.7 Å². The number of rotatable bonds is 6. The van der Waals surface area contributed by atoms with E-state index in [2.05, 4.69) is 16.1 Å². The first kappa shape index (κ1) is 18.3. The molecule has 1 saturated heterocycles. The molecule has 1 heterocycles. The molecule has 1 fully saturated rings. The van der Waals surface area contributed by atoms with Gasteiger partial charge in [0.1, 0.15) is 11.4 Å². The van der Waals surface area contributed by atoms with Crippen LogP contribution in [0.3, 0.4) is 0 Å². The minimum Gasteiger partial charge on any atom is -0.360 e. The van der Waals surface area contributed by atoms with Gasteiger partial charge in [-0.2, -0.15) is 0 Å². The molecule has 1 aliphatic heterocycles. The topological polar surface area (TPSA) is 36.8 Å². The normalized spacial score (nSPS) is 15.8. The van der Waals surface area contributed by atoms with Crippen LogP contribution in [-0.2, 0) is 4.79 Å². The van der Waals surface area contributed by atoms with E-state index < -0.39 is 5.54 Å². The molecule has 0 aromatic heterocycles. The largest absolute Gasteiger partial charge is 0.360 e. The minimum absolute atomic E-state index is 0.0156. The lowest BCUT2D eigenvalue weighted by Crippen LogP contribution is -3.16. The molecule has 0 aliphatic carbocycles. The van der Waals surface area contributed by atoms with Crippen molar-refractivity contribution in [1.29, 1.82) is 0 Å². The predicted octanol–water partition coefficient (Wildman–Crippen LogP) is 0.839. The standard InChI is InChI=1S/C19H26FN3O/c1-4-19(5-2,6-3)21-18(24)15-22-11-13-23(14-12-22)17-9-7-16(20)8-10-17/h1,7-10H,5-6,11-15H2,2-3H3,(H,21,24)/p+1. The number of carbonyl (C=O) groups excluding carboxylic acids is 1. The Morgan fingerprint density at radius 2 is 1.88 bits per heavy atom. The number of hydrogen-bond donors (Lipinski definition) is 2. The monoisotopic (exact) mass is 332 g/mol. The first-order chi connectivity index (χ1) is 11.5. The number of nitrogens with one attached hydrogen (secondary N) is 2. The maximum Gasteiger partial charge on any atom is 0.276 e. The summed E-state index contributed by atoms with van der Waals surface area (Å²) in [5.41, 5.74) is 0.509. The van der Waals surface area contributed by atoms with Gasteiger partial charge in [0, 0.05) is 5.69 Å². The first-order valence-electron chi connectivity index (χ1n) is 8.64. The quantitative estimate of drug-likeness (QED) is 0.758. The Morgan fingerprint density at radius 3 is 2.38 bits per heavy atom. The smallest absolute Gasteiger partial charge is 0.276 e. The molecule has 2 rings (SSSR count). The Labute approximate surface area is 144 Å². The van der Waals surface area contributed by atoms with E-state index >= 15 is 0 Å². The molecule has 4 nitrogen and oxygen atoms in total. The maximum atomic E-state index is 13.0. The molecular formula is C19H27FN3O+. The van der Waals surface area contributed by atoms with Crippen LogP contribution in [0.2, 0.25) is 0 Å². The van der Waals surface area contributed by atoms with Gasteiger partial charge in [0.25, 0.3) is 5.91 Å². The van der Waals surface area contributed by atoms with E-state index in [1.165, 1.54) is 17.0 Å². The summed E-state index contributed by atoms with van der Waals surface area (Å²) in [6, 6.07) is 6.57. The van der Waals surface area contributed by atoms with Crippen molar-refractivity contribution in [3.05, 3.63) is 30.1 Å². The zero-order chi connectivity index (χ0) is 17.6. The van der Waals surface area contributed by atoms with Crippen molar-refractivity contribution in [3.63, 3.8) is 0 Å². The van der Waals surface area contributed by atoms with Crippen LogP contribution < -0.4 is 15.1 Å². The Hall–Kier alpha value is -2.06. The second-order valence-corrected chi connectivity index (χ2v) is 6.37. The van der Waals surface area contributed by atoms with Gasteiger partial charge in [-0.25, -0.2) is 4.39 Å². The van der Waals surface area contributed by atoms with Gasteiger partial charge in [0.2, 0.25) is 0 Å². The molecule has 1 aromatic rings. The van der Waals surface area contributed by atoms with Crippen molar-refractivity contribution in [2.45, 2.75) is 32.2 Å². The number of piperazine rings is 1. The van der Waals surface area contributed by atoms with Crippen molar-refractivity contribution in [2.75, 3.05) is 37.6 Å². The Morgan fingerprint density at radius 1 is 1.29 bits per heavy atom. The number of nitrogens with zero attached hydrogens (tertiary/aromatic N) is 1. The highest BCUT2D eigenvalue weighted by molar-refractivity contribution is 5.78. The van der Waals surface area contributed by atoms with Crippen molar-refractivity contribution in [2.24, 2.45) is 0 Å². The zero-order valence-electron chi connectivity index (χ0n) is 14.6. The molecule has 130 valence electrons. The molecule has 24 heavy (non-hydrogen) atoms. The van der Waals surface area contributed by atoms with E-state index in [1.807, 2.05) is 13.8 Å². The lowest BCUT2D eigenvalue weighted by molar-refractivity contribution is -0.892. The third kappa shape index (κ3) is 4.48. The maximum absolute atomic E-state index is 13.0.